The normalized spacial score (nSPS) is 10.6. The third-order valence-electron chi connectivity index (χ3n) is 4.86. The Morgan fingerprint density at radius 1 is 0.968 bits per heavy atom. The number of thiocarbonyl (C=S) groups is 1. The predicted molar refractivity (Wildman–Crippen MR) is 127 cm³/mol. The van der Waals surface area contributed by atoms with E-state index in [2.05, 4.69) is 21.0 Å². The molecule has 31 heavy (non-hydrogen) atoms. The number of benzene rings is 2. The van der Waals surface area contributed by atoms with Crippen LogP contribution in [0.2, 0.25) is 0 Å². The maximum atomic E-state index is 12.7. The molecule has 0 radical (unpaired) electrons. The Bertz CT molecular complexity index is 1220. The second kappa shape index (κ2) is 9.40. The lowest BCUT2D eigenvalue weighted by molar-refractivity contribution is 0.0952. The molecule has 2 aromatic heterocycles. The molecule has 6 nitrogen and oxygen atoms in total. The van der Waals surface area contributed by atoms with Crippen molar-refractivity contribution in [3.63, 3.8) is 0 Å². The highest BCUT2D eigenvalue weighted by Gasteiger charge is 2.13. The lowest BCUT2D eigenvalue weighted by atomic mass is 10.2. The van der Waals surface area contributed by atoms with E-state index < -0.39 is 0 Å². The van der Waals surface area contributed by atoms with E-state index in [1.807, 2.05) is 79.9 Å². The van der Waals surface area contributed by atoms with Gasteiger partial charge in [0.2, 0.25) is 0 Å². The minimum atomic E-state index is -0.152. The van der Waals surface area contributed by atoms with Gasteiger partial charge in [0.15, 0.2) is 5.11 Å². The first-order chi connectivity index (χ1) is 15.1. The Hall–Kier alpha value is -3.71. The molecular formula is C24H23N5OS. The van der Waals surface area contributed by atoms with E-state index >= 15 is 0 Å². The van der Waals surface area contributed by atoms with Gasteiger partial charge < -0.3 is 16.0 Å². The summed E-state index contributed by atoms with van der Waals surface area (Å²) >= 11 is 5.40. The molecule has 0 aliphatic rings. The molecule has 0 bridgehead atoms. The fourth-order valence-electron chi connectivity index (χ4n) is 3.26. The van der Waals surface area contributed by atoms with Gasteiger partial charge in [0.25, 0.3) is 5.91 Å². The second-order valence-corrected chi connectivity index (χ2v) is 7.68. The van der Waals surface area contributed by atoms with Crippen molar-refractivity contribution in [2.45, 2.75) is 20.0 Å². The zero-order chi connectivity index (χ0) is 21.6. The van der Waals surface area contributed by atoms with Crippen LogP contribution in [0.25, 0.3) is 5.52 Å². The number of carbonyl (C=O) groups is 1. The highest BCUT2D eigenvalue weighted by molar-refractivity contribution is 7.80. The lowest BCUT2D eigenvalue weighted by Crippen LogP contribution is -2.28. The summed E-state index contributed by atoms with van der Waals surface area (Å²) in [6.45, 7) is 3.04. The molecule has 1 amide bonds. The monoisotopic (exact) mass is 429 g/mol. The molecule has 0 spiro atoms. The van der Waals surface area contributed by atoms with Crippen LogP contribution in [-0.2, 0) is 13.1 Å². The van der Waals surface area contributed by atoms with Crippen molar-refractivity contribution >= 4 is 34.4 Å². The standard InChI is InChI=1S/C24H23N5OS/c1-17-6-5-9-20(12-17)28-24(31)26-15-19-10-11-29-22(13-19)21(16-27-29)23(30)25-14-18-7-3-2-4-8-18/h2-13,16H,14-15H2,1H3,(H,25,30)(H2,26,28,31). The van der Waals surface area contributed by atoms with Gasteiger partial charge in [-0.15, -0.1) is 0 Å². The number of fused-ring (bicyclic) bond motifs is 1. The molecule has 4 rings (SSSR count). The van der Waals surface area contributed by atoms with Gasteiger partial charge in [-0.05, 0) is 60.1 Å². The summed E-state index contributed by atoms with van der Waals surface area (Å²) in [5.74, 6) is -0.152. The number of aryl methyl sites for hydroxylation is 1. The second-order valence-electron chi connectivity index (χ2n) is 7.27. The average Bonchev–Trinajstić information content (AvgIpc) is 3.20. The molecule has 0 aliphatic heterocycles. The molecule has 0 atom stereocenters. The van der Waals surface area contributed by atoms with Crippen LogP contribution in [0.5, 0.6) is 0 Å². The zero-order valence-corrected chi connectivity index (χ0v) is 17.9. The van der Waals surface area contributed by atoms with Crippen molar-refractivity contribution in [2.24, 2.45) is 0 Å². The van der Waals surface area contributed by atoms with Crippen LogP contribution in [0, 0.1) is 6.92 Å². The van der Waals surface area contributed by atoms with Crippen LogP contribution in [-0.4, -0.2) is 20.6 Å². The Morgan fingerprint density at radius 2 is 1.77 bits per heavy atom. The number of hydrogen-bond donors (Lipinski definition) is 3. The van der Waals surface area contributed by atoms with Crippen molar-refractivity contribution in [2.75, 3.05) is 5.32 Å². The molecule has 0 saturated carbocycles. The topological polar surface area (TPSA) is 70.5 Å². The number of carbonyl (C=O) groups excluding carboxylic acids is 1. The van der Waals surface area contributed by atoms with E-state index in [1.54, 1.807) is 10.7 Å². The van der Waals surface area contributed by atoms with Crippen LogP contribution in [0.3, 0.4) is 0 Å². The molecule has 2 aromatic carbocycles. The van der Waals surface area contributed by atoms with Gasteiger partial charge in [0.05, 0.1) is 17.3 Å². The molecule has 156 valence electrons. The number of nitrogens with one attached hydrogen (secondary N) is 3. The van der Waals surface area contributed by atoms with Gasteiger partial charge >= 0.3 is 0 Å². The number of anilines is 1. The number of nitrogens with zero attached hydrogens (tertiary/aromatic N) is 2. The number of hydrogen-bond acceptors (Lipinski definition) is 3. The quantitative estimate of drug-likeness (QED) is 0.403. The molecule has 0 unspecified atom stereocenters. The zero-order valence-electron chi connectivity index (χ0n) is 17.1. The highest BCUT2D eigenvalue weighted by atomic mass is 32.1. The molecule has 0 fully saturated rings. The first-order valence-electron chi connectivity index (χ1n) is 9.98. The van der Waals surface area contributed by atoms with E-state index in [-0.39, 0.29) is 5.91 Å². The summed E-state index contributed by atoms with van der Waals surface area (Å²) in [5.41, 5.74) is 5.45. The van der Waals surface area contributed by atoms with Gasteiger partial charge in [0.1, 0.15) is 0 Å². The van der Waals surface area contributed by atoms with E-state index in [4.69, 9.17) is 12.2 Å². The van der Waals surface area contributed by atoms with Crippen molar-refractivity contribution in [3.8, 4) is 0 Å². The van der Waals surface area contributed by atoms with E-state index in [0.29, 0.717) is 23.8 Å². The van der Waals surface area contributed by atoms with Crippen molar-refractivity contribution in [1.29, 1.82) is 0 Å². The third kappa shape index (κ3) is 5.26. The van der Waals surface area contributed by atoms with Crippen molar-refractivity contribution in [1.82, 2.24) is 20.2 Å². The molecular weight excluding hydrogens is 406 g/mol. The summed E-state index contributed by atoms with van der Waals surface area (Å²) in [6.07, 6.45) is 3.44. The first-order valence-corrected chi connectivity index (χ1v) is 10.4. The van der Waals surface area contributed by atoms with Gasteiger partial charge in [0, 0.05) is 25.0 Å². The molecule has 0 aliphatic carbocycles. The minimum Gasteiger partial charge on any atom is -0.358 e. The number of amides is 1. The molecule has 0 saturated heterocycles. The van der Waals surface area contributed by atoms with Crippen LogP contribution < -0.4 is 16.0 Å². The number of pyridine rings is 1. The molecule has 2 heterocycles. The van der Waals surface area contributed by atoms with Gasteiger partial charge in [-0.3, -0.25) is 4.79 Å². The van der Waals surface area contributed by atoms with Crippen molar-refractivity contribution < 1.29 is 4.79 Å². The number of rotatable bonds is 6. The Kier molecular flexibility index (Phi) is 6.24. The summed E-state index contributed by atoms with van der Waals surface area (Å²) < 4.78 is 1.70. The average molecular weight is 430 g/mol. The van der Waals surface area contributed by atoms with E-state index in [0.717, 1.165) is 27.9 Å². The molecule has 7 heteroatoms. The van der Waals surface area contributed by atoms with Crippen LogP contribution in [0.15, 0.2) is 79.1 Å². The summed E-state index contributed by atoms with van der Waals surface area (Å²) in [4.78, 5) is 12.7. The maximum Gasteiger partial charge on any atom is 0.255 e. The van der Waals surface area contributed by atoms with E-state index in [9.17, 15) is 4.79 Å². The fraction of sp³-hybridized carbons (Fsp3) is 0.125. The summed E-state index contributed by atoms with van der Waals surface area (Å²) in [7, 11) is 0. The predicted octanol–water partition coefficient (Wildman–Crippen LogP) is 4.06. The van der Waals surface area contributed by atoms with Crippen LogP contribution in [0.4, 0.5) is 5.69 Å². The first kappa shape index (κ1) is 20.6. The van der Waals surface area contributed by atoms with Gasteiger partial charge in [-0.25, -0.2) is 4.52 Å². The largest absolute Gasteiger partial charge is 0.358 e. The molecule has 4 aromatic rings. The van der Waals surface area contributed by atoms with Crippen LogP contribution in [0.1, 0.15) is 27.0 Å². The summed E-state index contributed by atoms with van der Waals surface area (Å²) in [5, 5.41) is 14.2. The lowest BCUT2D eigenvalue weighted by Gasteiger charge is -2.11. The SMILES string of the molecule is Cc1cccc(NC(=S)NCc2ccn3ncc(C(=O)NCc4ccccc4)c3c2)c1. The van der Waals surface area contributed by atoms with E-state index in [1.165, 1.54) is 0 Å². The van der Waals surface area contributed by atoms with Gasteiger partial charge in [-0.2, -0.15) is 5.10 Å². The van der Waals surface area contributed by atoms with Crippen LogP contribution >= 0.6 is 12.2 Å². The summed E-state index contributed by atoms with van der Waals surface area (Å²) in [6, 6.07) is 21.7. The van der Waals surface area contributed by atoms with Crippen molar-refractivity contribution in [3.05, 3.63) is 101 Å². The fourth-order valence-corrected chi connectivity index (χ4v) is 3.45. The Balaban J connectivity index is 1.40. The Morgan fingerprint density at radius 3 is 2.58 bits per heavy atom. The molecule has 3 N–H and O–H groups in total. The maximum absolute atomic E-state index is 12.7. The number of aromatic nitrogens is 2. The minimum absolute atomic E-state index is 0.152. The highest BCUT2D eigenvalue weighted by Crippen LogP contribution is 2.14. The van der Waals surface area contributed by atoms with Gasteiger partial charge in [-0.1, -0.05) is 42.5 Å². The smallest absolute Gasteiger partial charge is 0.255 e. The third-order valence-corrected chi connectivity index (χ3v) is 5.10. The Labute approximate surface area is 186 Å².